The molecule has 0 saturated heterocycles. The molecular formula is C13H27NO. The van der Waals surface area contributed by atoms with Gasteiger partial charge < -0.3 is 10.1 Å². The van der Waals surface area contributed by atoms with Gasteiger partial charge in [0, 0.05) is 19.2 Å². The second-order valence-electron chi connectivity index (χ2n) is 5.28. The van der Waals surface area contributed by atoms with Gasteiger partial charge in [-0.05, 0) is 31.1 Å². The molecule has 0 aromatic heterocycles. The first-order valence-corrected chi connectivity index (χ1v) is 6.42. The second kappa shape index (κ2) is 6.49. The molecule has 1 N–H and O–H groups in total. The SMILES string of the molecule is CCCC(COC)NC1CC(C(C)C)C1. The van der Waals surface area contributed by atoms with Crippen molar-refractivity contribution >= 4 is 0 Å². The molecular weight excluding hydrogens is 186 g/mol. The molecule has 0 aromatic rings. The molecule has 1 aliphatic rings. The monoisotopic (exact) mass is 213 g/mol. The van der Waals surface area contributed by atoms with E-state index >= 15 is 0 Å². The van der Waals surface area contributed by atoms with Crippen molar-refractivity contribution in [2.75, 3.05) is 13.7 Å². The first-order chi connectivity index (χ1) is 7.17. The molecule has 2 nitrogen and oxygen atoms in total. The van der Waals surface area contributed by atoms with E-state index in [1.54, 1.807) is 7.11 Å². The Labute approximate surface area is 94.8 Å². The predicted octanol–water partition coefficient (Wildman–Crippen LogP) is 2.83. The van der Waals surface area contributed by atoms with Gasteiger partial charge in [-0.25, -0.2) is 0 Å². The third kappa shape index (κ3) is 4.12. The van der Waals surface area contributed by atoms with E-state index in [-0.39, 0.29) is 0 Å². The van der Waals surface area contributed by atoms with Gasteiger partial charge in [-0.3, -0.25) is 0 Å². The van der Waals surface area contributed by atoms with E-state index in [0.29, 0.717) is 6.04 Å². The Morgan fingerprint density at radius 3 is 2.47 bits per heavy atom. The Bertz CT molecular complexity index is 158. The van der Waals surface area contributed by atoms with E-state index in [1.807, 2.05) is 0 Å². The molecule has 0 amide bonds. The number of ether oxygens (including phenoxy) is 1. The van der Waals surface area contributed by atoms with E-state index in [9.17, 15) is 0 Å². The highest BCUT2D eigenvalue weighted by molar-refractivity contribution is 4.88. The zero-order chi connectivity index (χ0) is 11.3. The van der Waals surface area contributed by atoms with Crippen LogP contribution in [0.4, 0.5) is 0 Å². The quantitative estimate of drug-likeness (QED) is 0.702. The number of hydrogen-bond donors (Lipinski definition) is 1. The Kier molecular flexibility index (Phi) is 5.62. The summed E-state index contributed by atoms with van der Waals surface area (Å²) in [6.45, 7) is 7.76. The highest BCUT2D eigenvalue weighted by Gasteiger charge is 2.31. The molecule has 1 fully saturated rings. The number of hydrogen-bond acceptors (Lipinski definition) is 2. The largest absolute Gasteiger partial charge is 0.383 e. The second-order valence-corrected chi connectivity index (χ2v) is 5.28. The molecule has 1 saturated carbocycles. The molecule has 1 atom stereocenters. The van der Waals surface area contributed by atoms with Crippen molar-refractivity contribution in [3.8, 4) is 0 Å². The molecule has 0 heterocycles. The topological polar surface area (TPSA) is 21.3 Å². The Balaban J connectivity index is 2.17. The predicted molar refractivity (Wildman–Crippen MR) is 65.1 cm³/mol. The van der Waals surface area contributed by atoms with Crippen molar-refractivity contribution < 1.29 is 4.74 Å². The highest BCUT2D eigenvalue weighted by atomic mass is 16.5. The minimum atomic E-state index is 0.568. The van der Waals surface area contributed by atoms with Gasteiger partial charge in [0.05, 0.1) is 6.61 Å². The average molecular weight is 213 g/mol. The maximum Gasteiger partial charge on any atom is 0.0615 e. The lowest BCUT2D eigenvalue weighted by Crippen LogP contribution is -2.48. The molecule has 0 aromatic carbocycles. The highest BCUT2D eigenvalue weighted by Crippen LogP contribution is 2.33. The van der Waals surface area contributed by atoms with Gasteiger partial charge in [0.25, 0.3) is 0 Å². The van der Waals surface area contributed by atoms with Crippen LogP contribution in [0, 0.1) is 11.8 Å². The lowest BCUT2D eigenvalue weighted by Gasteiger charge is -2.40. The van der Waals surface area contributed by atoms with E-state index in [4.69, 9.17) is 4.74 Å². The van der Waals surface area contributed by atoms with Crippen molar-refractivity contribution in [2.24, 2.45) is 11.8 Å². The molecule has 15 heavy (non-hydrogen) atoms. The van der Waals surface area contributed by atoms with Gasteiger partial charge in [-0.1, -0.05) is 27.2 Å². The van der Waals surface area contributed by atoms with Gasteiger partial charge >= 0.3 is 0 Å². The van der Waals surface area contributed by atoms with Crippen LogP contribution in [0.25, 0.3) is 0 Å². The molecule has 90 valence electrons. The van der Waals surface area contributed by atoms with Gasteiger partial charge in [0.15, 0.2) is 0 Å². The standard InChI is InChI=1S/C13H27NO/c1-5-6-12(9-15-4)14-13-7-11(8-13)10(2)3/h10-14H,5-9H2,1-4H3. The smallest absolute Gasteiger partial charge is 0.0615 e. The van der Waals surface area contributed by atoms with Crippen molar-refractivity contribution in [3.05, 3.63) is 0 Å². The molecule has 0 radical (unpaired) electrons. The molecule has 1 unspecified atom stereocenters. The van der Waals surface area contributed by atoms with Gasteiger partial charge in [-0.2, -0.15) is 0 Å². The number of nitrogens with one attached hydrogen (secondary N) is 1. The molecule has 0 bridgehead atoms. The molecule has 1 aliphatic carbocycles. The normalized spacial score (nSPS) is 27.8. The fourth-order valence-corrected chi connectivity index (χ4v) is 2.44. The first kappa shape index (κ1) is 13.0. The van der Waals surface area contributed by atoms with Crippen LogP contribution in [0.2, 0.25) is 0 Å². The van der Waals surface area contributed by atoms with Crippen LogP contribution >= 0.6 is 0 Å². The summed E-state index contributed by atoms with van der Waals surface area (Å²) in [6, 6.07) is 1.32. The van der Waals surface area contributed by atoms with Crippen molar-refractivity contribution in [2.45, 2.75) is 58.5 Å². The lowest BCUT2D eigenvalue weighted by molar-refractivity contribution is 0.115. The molecule has 2 heteroatoms. The van der Waals surface area contributed by atoms with Crippen LogP contribution in [0.3, 0.4) is 0 Å². The fraction of sp³-hybridized carbons (Fsp3) is 1.00. The molecule has 0 spiro atoms. The summed E-state index contributed by atoms with van der Waals surface area (Å²) in [5.74, 6) is 1.81. The first-order valence-electron chi connectivity index (χ1n) is 6.42. The van der Waals surface area contributed by atoms with E-state index in [1.165, 1.54) is 25.7 Å². The third-order valence-corrected chi connectivity index (χ3v) is 3.59. The maximum atomic E-state index is 5.24. The van der Waals surface area contributed by atoms with Crippen molar-refractivity contribution in [1.82, 2.24) is 5.32 Å². The van der Waals surface area contributed by atoms with Crippen LogP contribution < -0.4 is 5.32 Å². The summed E-state index contributed by atoms with van der Waals surface area (Å²) >= 11 is 0. The van der Waals surface area contributed by atoms with E-state index in [0.717, 1.165) is 24.5 Å². The Morgan fingerprint density at radius 1 is 1.33 bits per heavy atom. The fourth-order valence-electron chi connectivity index (χ4n) is 2.44. The zero-order valence-electron chi connectivity index (χ0n) is 10.8. The summed E-state index contributed by atoms with van der Waals surface area (Å²) in [5, 5.41) is 3.72. The summed E-state index contributed by atoms with van der Waals surface area (Å²) in [6.07, 6.45) is 5.20. The van der Waals surface area contributed by atoms with Crippen LogP contribution in [0.5, 0.6) is 0 Å². The summed E-state index contributed by atoms with van der Waals surface area (Å²) in [5.41, 5.74) is 0. The molecule has 1 rings (SSSR count). The average Bonchev–Trinajstić information content (AvgIpc) is 2.10. The van der Waals surface area contributed by atoms with Crippen LogP contribution in [-0.2, 0) is 4.74 Å². The van der Waals surface area contributed by atoms with Crippen molar-refractivity contribution in [1.29, 1.82) is 0 Å². The molecule has 0 aliphatic heterocycles. The number of methoxy groups -OCH3 is 1. The van der Waals surface area contributed by atoms with Crippen molar-refractivity contribution in [3.63, 3.8) is 0 Å². The maximum absolute atomic E-state index is 5.24. The van der Waals surface area contributed by atoms with E-state index < -0.39 is 0 Å². The Hall–Kier alpha value is -0.0800. The minimum absolute atomic E-state index is 0.568. The van der Waals surface area contributed by atoms with Gasteiger partial charge in [0.1, 0.15) is 0 Å². The summed E-state index contributed by atoms with van der Waals surface area (Å²) in [7, 11) is 1.79. The Morgan fingerprint density at radius 2 is 2.00 bits per heavy atom. The van der Waals surface area contributed by atoms with Crippen LogP contribution in [0.1, 0.15) is 46.5 Å². The van der Waals surface area contributed by atoms with E-state index in [2.05, 4.69) is 26.1 Å². The minimum Gasteiger partial charge on any atom is -0.383 e. The van der Waals surface area contributed by atoms with Gasteiger partial charge in [-0.15, -0.1) is 0 Å². The van der Waals surface area contributed by atoms with Gasteiger partial charge in [0.2, 0.25) is 0 Å². The summed E-state index contributed by atoms with van der Waals surface area (Å²) in [4.78, 5) is 0. The van der Waals surface area contributed by atoms with Crippen LogP contribution in [0.15, 0.2) is 0 Å². The lowest BCUT2D eigenvalue weighted by atomic mass is 9.73. The number of rotatable bonds is 7. The zero-order valence-corrected chi connectivity index (χ0v) is 10.8. The van der Waals surface area contributed by atoms with Crippen LogP contribution in [-0.4, -0.2) is 25.8 Å². The third-order valence-electron chi connectivity index (χ3n) is 3.59. The summed E-state index contributed by atoms with van der Waals surface area (Å²) < 4.78 is 5.24.